The molecule has 0 aliphatic heterocycles. The van der Waals surface area contributed by atoms with Crippen LogP contribution in [0.5, 0.6) is 0 Å². The molecule has 1 aromatic carbocycles. The number of hydrogen-bond acceptors (Lipinski definition) is 3. The maximum absolute atomic E-state index is 12.6. The Morgan fingerprint density at radius 1 is 1.21 bits per heavy atom. The van der Waals surface area contributed by atoms with Gasteiger partial charge in [-0.1, -0.05) is 18.9 Å². The number of carbonyl (C=O) groups excluding carboxylic acids is 2. The highest BCUT2D eigenvalue weighted by molar-refractivity contribution is 5.96. The molecule has 0 bridgehead atoms. The normalized spacial score (nSPS) is 21.2. The van der Waals surface area contributed by atoms with Crippen LogP contribution in [-0.2, 0) is 11.0 Å². The molecule has 0 heterocycles. The third kappa shape index (κ3) is 4.95. The largest absolute Gasteiger partial charge is 0.416 e. The summed E-state index contributed by atoms with van der Waals surface area (Å²) in [7, 11) is 0. The van der Waals surface area contributed by atoms with Crippen LogP contribution in [0.2, 0.25) is 0 Å². The molecule has 1 aliphatic carbocycles. The first-order valence-electron chi connectivity index (χ1n) is 7.78. The molecule has 2 rings (SSSR count). The van der Waals surface area contributed by atoms with E-state index >= 15 is 0 Å². The number of alkyl halides is 3. The van der Waals surface area contributed by atoms with Crippen LogP contribution < -0.4 is 16.4 Å². The Hall–Kier alpha value is -2.09. The van der Waals surface area contributed by atoms with Gasteiger partial charge in [0.2, 0.25) is 5.91 Å². The van der Waals surface area contributed by atoms with Gasteiger partial charge in [-0.3, -0.25) is 9.59 Å². The van der Waals surface area contributed by atoms with Crippen LogP contribution in [0.25, 0.3) is 0 Å². The van der Waals surface area contributed by atoms with Crippen LogP contribution in [0.4, 0.5) is 13.2 Å². The van der Waals surface area contributed by atoms with Crippen LogP contribution >= 0.6 is 0 Å². The van der Waals surface area contributed by atoms with E-state index in [1.54, 1.807) is 0 Å². The average molecular weight is 343 g/mol. The Balaban J connectivity index is 1.87. The smallest absolute Gasteiger partial charge is 0.350 e. The molecule has 2 unspecified atom stereocenters. The molecule has 1 aromatic rings. The van der Waals surface area contributed by atoms with Crippen molar-refractivity contribution in [1.82, 2.24) is 10.6 Å². The fourth-order valence-corrected chi connectivity index (χ4v) is 2.70. The molecule has 24 heavy (non-hydrogen) atoms. The Labute approximate surface area is 137 Å². The maximum Gasteiger partial charge on any atom is 0.416 e. The van der Waals surface area contributed by atoms with Crippen molar-refractivity contribution in [3.05, 3.63) is 35.4 Å². The van der Waals surface area contributed by atoms with Crippen molar-refractivity contribution in [2.75, 3.05) is 6.54 Å². The zero-order valence-corrected chi connectivity index (χ0v) is 13.0. The number of hydrogen-bond donors (Lipinski definition) is 3. The molecule has 1 aliphatic rings. The van der Waals surface area contributed by atoms with Gasteiger partial charge < -0.3 is 16.4 Å². The predicted molar refractivity (Wildman–Crippen MR) is 82.2 cm³/mol. The molecule has 132 valence electrons. The van der Waals surface area contributed by atoms with E-state index in [9.17, 15) is 22.8 Å². The molecule has 2 amide bonds. The number of rotatable bonds is 4. The van der Waals surface area contributed by atoms with Gasteiger partial charge in [-0.05, 0) is 31.0 Å². The first-order chi connectivity index (χ1) is 11.3. The third-order valence-electron chi connectivity index (χ3n) is 4.03. The summed E-state index contributed by atoms with van der Waals surface area (Å²) < 4.78 is 37.9. The van der Waals surface area contributed by atoms with Gasteiger partial charge in [0, 0.05) is 17.6 Å². The first-order valence-corrected chi connectivity index (χ1v) is 7.78. The fraction of sp³-hybridized carbons (Fsp3) is 0.500. The minimum absolute atomic E-state index is 0.109. The van der Waals surface area contributed by atoms with E-state index in [-0.39, 0.29) is 24.2 Å². The summed E-state index contributed by atoms with van der Waals surface area (Å²) in [6.07, 6.45) is -0.893. The molecular weight excluding hydrogens is 323 g/mol. The van der Waals surface area contributed by atoms with Crippen LogP contribution in [0.3, 0.4) is 0 Å². The lowest BCUT2D eigenvalue weighted by Gasteiger charge is -2.29. The Kier molecular flexibility index (Phi) is 5.82. The van der Waals surface area contributed by atoms with E-state index in [2.05, 4.69) is 10.6 Å². The topological polar surface area (TPSA) is 84.2 Å². The summed E-state index contributed by atoms with van der Waals surface area (Å²) >= 11 is 0. The number of nitrogens with two attached hydrogens (primary N) is 1. The lowest BCUT2D eigenvalue weighted by Crippen LogP contribution is -2.51. The average Bonchev–Trinajstić information content (AvgIpc) is 2.54. The minimum atomic E-state index is -4.52. The zero-order valence-electron chi connectivity index (χ0n) is 13.0. The zero-order chi connectivity index (χ0) is 17.7. The Morgan fingerprint density at radius 3 is 2.58 bits per heavy atom. The van der Waals surface area contributed by atoms with Crippen molar-refractivity contribution in [3.8, 4) is 0 Å². The quantitative estimate of drug-likeness (QED) is 0.780. The third-order valence-corrected chi connectivity index (χ3v) is 4.03. The molecule has 8 heteroatoms. The number of halogens is 3. The van der Waals surface area contributed by atoms with Crippen LogP contribution in [0, 0.1) is 0 Å². The van der Waals surface area contributed by atoms with E-state index in [1.165, 1.54) is 6.07 Å². The van der Waals surface area contributed by atoms with Gasteiger partial charge >= 0.3 is 6.18 Å². The summed E-state index contributed by atoms with van der Waals surface area (Å²) in [6.45, 7) is -0.307. The van der Waals surface area contributed by atoms with E-state index in [0.717, 1.165) is 43.9 Å². The highest BCUT2D eigenvalue weighted by atomic mass is 19.4. The number of amides is 2. The SMILES string of the molecule is NC1CCCCC1NC(=O)CNC(=O)c1cccc(C(F)(F)F)c1. The fourth-order valence-electron chi connectivity index (χ4n) is 2.70. The van der Waals surface area contributed by atoms with Gasteiger partial charge in [0.25, 0.3) is 5.91 Å². The van der Waals surface area contributed by atoms with Crippen molar-refractivity contribution in [2.45, 2.75) is 43.9 Å². The molecule has 2 atom stereocenters. The summed E-state index contributed by atoms with van der Waals surface area (Å²) in [5.41, 5.74) is 4.87. The molecule has 1 fully saturated rings. The van der Waals surface area contributed by atoms with E-state index in [1.807, 2.05) is 0 Å². The standard InChI is InChI=1S/C16H20F3N3O2/c17-16(18,19)11-5-3-4-10(8-11)15(24)21-9-14(23)22-13-7-2-1-6-12(13)20/h3-5,8,12-13H,1-2,6-7,9,20H2,(H,21,24)(H,22,23). The number of benzene rings is 1. The summed E-state index contributed by atoms with van der Waals surface area (Å²) in [5, 5.41) is 5.08. The molecule has 0 spiro atoms. The van der Waals surface area contributed by atoms with Gasteiger partial charge in [0.1, 0.15) is 0 Å². The van der Waals surface area contributed by atoms with Gasteiger partial charge in [-0.15, -0.1) is 0 Å². The second-order valence-corrected chi connectivity index (χ2v) is 5.88. The monoisotopic (exact) mass is 343 g/mol. The Morgan fingerprint density at radius 2 is 1.92 bits per heavy atom. The van der Waals surface area contributed by atoms with E-state index in [0.29, 0.717) is 0 Å². The molecule has 5 nitrogen and oxygen atoms in total. The van der Waals surface area contributed by atoms with Crippen molar-refractivity contribution in [2.24, 2.45) is 5.73 Å². The highest BCUT2D eigenvalue weighted by Crippen LogP contribution is 2.29. The maximum atomic E-state index is 12.6. The predicted octanol–water partition coefficient (Wildman–Crippen LogP) is 1.82. The first kappa shape index (κ1) is 18.3. The Bertz CT molecular complexity index is 604. The summed E-state index contributed by atoms with van der Waals surface area (Å²) in [6, 6.07) is 3.81. The van der Waals surface area contributed by atoms with Gasteiger partial charge in [0.05, 0.1) is 12.1 Å². The van der Waals surface area contributed by atoms with Crippen molar-refractivity contribution >= 4 is 11.8 Å². The van der Waals surface area contributed by atoms with Crippen LogP contribution in [0.15, 0.2) is 24.3 Å². The summed E-state index contributed by atoms with van der Waals surface area (Å²) in [5.74, 6) is -1.14. The number of nitrogens with one attached hydrogen (secondary N) is 2. The van der Waals surface area contributed by atoms with E-state index < -0.39 is 23.6 Å². The van der Waals surface area contributed by atoms with Crippen molar-refractivity contribution in [1.29, 1.82) is 0 Å². The molecular formula is C16H20F3N3O2. The van der Waals surface area contributed by atoms with Gasteiger partial charge in [-0.25, -0.2) is 0 Å². The second kappa shape index (κ2) is 7.65. The molecule has 0 saturated heterocycles. The molecule has 0 aromatic heterocycles. The highest BCUT2D eigenvalue weighted by Gasteiger charge is 2.31. The second-order valence-electron chi connectivity index (χ2n) is 5.88. The lowest BCUT2D eigenvalue weighted by molar-refractivity contribution is -0.137. The molecule has 1 saturated carbocycles. The lowest BCUT2D eigenvalue weighted by atomic mass is 9.91. The molecule has 4 N–H and O–H groups in total. The molecule has 0 radical (unpaired) electrons. The van der Waals surface area contributed by atoms with E-state index in [4.69, 9.17) is 5.73 Å². The van der Waals surface area contributed by atoms with Gasteiger partial charge in [0.15, 0.2) is 0 Å². The van der Waals surface area contributed by atoms with Gasteiger partial charge in [-0.2, -0.15) is 13.2 Å². The summed E-state index contributed by atoms with van der Waals surface area (Å²) in [4.78, 5) is 23.8. The van der Waals surface area contributed by atoms with Crippen LogP contribution in [0.1, 0.15) is 41.6 Å². The van der Waals surface area contributed by atoms with Crippen LogP contribution in [-0.4, -0.2) is 30.4 Å². The minimum Gasteiger partial charge on any atom is -0.350 e. The van der Waals surface area contributed by atoms with Crippen molar-refractivity contribution < 1.29 is 22.8 Å². The van der Waals surface area contributed by atoms with Crippen molar-refractivity contribution in [3.63, 3.8) is 0 Å². The number of carbonyl (C=O) groups is 2.